The van der Waals surface area contributed by atoms with Gasteiger partial charge in [-0.1, -0.05) is 30.4 Å². The zero-order valence-electron chi connectivity index (χ0n) is 19.6. The molecule has 0 bridgehead atoms. The van der Waals surface area contributed by atoms with E-state index in [1.165, 1.54) is 13.8 Å². The zero-order chi connectivity index (χ0) is 25.8. The van der Waals surface area contributed by atoms with Gasteiger partial charge in [-0.3, -0.25) is 9.59 Å². The highest BCUT2D eigenvalue weighted by atomic mass is 19.1. The second-order valence-electron chi connectivity index (χ2n) is 8.94. The summed E-state index contributed by atoms with van der Waals surface area (Å²) in [5.41, 5.74) is 2.20. The highest BCUT2D eigenvalue weighted by molar-refractivity contribution is 6.01. The standard InChI is InChI=1S/C27H26F2N2O4/c1-16-13-19(9-11-22(16)30-26(35)31-23-12-10-20(28)14-21(23)29)17-5-4-6-18(8-7-17)24(32)15-27(2,3)25(33)34/h4-5,7-14H,6,15H2,1-3H3,(H,33,34)(H2,30,31,35). The summed E-state index contributed by atoms with van der Waals surface area (Å²) in [5, 5.41) is 14.3. The molecule has 0 aliphatic heterocycles. The molecule has 35 heavy (non-hydrogen) atoms. The van der Waals surface area contributed by atoms with Crippen LogP contribution >= 0.6 is 0 Å². The molecule has 0 atom stereocenters. The Kier molecular flexibility index (Phi) is 7.64. The van der Waals surface area contributed by atoms with Crippen LogP contribution in [0.15, 0.2) is 66.3 Å². The van der Waals surface area contributed by atoms with Gasteiger partial charge in [0.1, 0.15) is 11.6 Å². The lowest BCUT2D eigenvalue weighted by Gasteiger charge is -2.18. The highest BCUT2D eigenvalue weighted by Crippen LogP contribution is 2.28. The number of hydrogen-bond acceptors (Lipinski definition) is 3. The van der Waals surface area contributed by atoms with E-state index in [-0.39, 0.29) is 17.9 Å². The number of benzene rings is 2. The Balaban J connectivity index is 1.72. The maximum Gasteiger partial charge on any atom is 0.323 e. The largest absolute Gasteiger partial charge is 0.481 e. The highest BCUT2D eigenvalue weighted by Gasteiger charge is 2.31. The quantitative estimate of drug-likeness (QED) is 0.436. The van der Waals surface area contributed by atoms with Gasteiger partial charge in [0.2, 0.25) is 0 Å². The molecule has 0 radical (unpaired) electrons. The van der Waals surface area contributed by atoms with Crippen molar-refractivity contribution in [3.8, 4) is 0 Å². The Hall–Kier alpha value is -4.07. The molecule has 0 aromatic heterocycles. The number of carboxylic acids is 1. The number of amides is 2. The van der Waals surface area contributed by atoms with Crippen LogP contribution in [0.4, 0.5) is 25.0 Å². The Morgan fingerprint density at radius 3 is 2.34 bits per heavy atom. The second kappa shape index (κ2) is 10.5. The van der Waals surface area contributed by atoms with Crippen LogP contribution in [0, 0.1) is 24.0 Å². The molecule has 2 aromatic carbocycles. The molecule has 182 valence electrons. The van der Waals surface area contributed by atoms with Crippen molar-refractivity contribution >= 4 is 34.7 Å². The number of rotatable bonds is 7. The first kappa shape index (κ1) is 25.6. The van der Waals surface area contributed by atoms with Gasteiger partial charge in [0.15, 0.2) is 5.78 Å². The van der Waals surface area contributed by atoms with Crippen LogP contribution in [-0.4, -0.2) is 22.9 Å². The summed E-state index contributed by atoms with van der Waals surface area (Å²) in [6, 6.07) is 7.56. The van der Waals surface area contributed by atoms with Crippen LogP contribution in [-0.2, 0) is 9.59 Å². The maximum atomic E-state index is 13.8. The molecule has 0 saturated heterocycles. The van der Waals surface area contributed by atoms with Crippen molar-refractivity contribution in [2.24, 2.45) is 5.41 Å². The van der Waals surface area contributed by atoms with E-state index >= 15 is 0 Å². The average Bonchev–Trinajstić information content (AvgIpc) is 3.03. The first-order valence-electron chi connectivity index (χ1n) is 10.9. The Bertz CT molecular complexity index is 1280. The number of carbonyl (C=O) groups is 3. The van der Waals surface area contributed by atoms with Crippen molar-refractivity contribution < 1.29 is 28.3 Å². The third-order valence-corrected chi connectivity index (χ3v) is 5.63. The number of Topliss-reactive ketones (excluding diaryl/α,β-unsaturated/α-hetero) is 1. The molecule has 3 rings (SSSR count). The normalized spacial score (nSPS) is 13.4. The fourth-order valence-corrected chi connectivity index (χ4v) is 3.47. The fraction of sp³-hybridized carbons (Fsp3) is 0.222. The molecule has 2 amide bonds. The molecule has 1 aliphatic carbocycles. The number of nitrogens with one attached hydrogen (secondary N) is 2. The van der Waals surface area contributed by atoms with Crippen molar-refractivity contribution in [1.29, 1.82) is 0 Å². The van der Waals surface area contributed by atoms with Gasteiger partial charge in [0.25, 0.3) is 0 Å². The number of ketones is 1. The van der Waals surface area contributed by atoms with Crippen LogP contribution < -0.4 is 10.6 Å². The van der Waals surface area contributed by atoms with E-state index in [4.69, 9.17) is 0 Å². The number of anilines is 2. The molecule has 2 aromatic rings. The van der Waals surface area contributed by atoms with Crippen molar-refractivity contribution in [1.82, 2.24) is 0 Å². The number of carbonyl (C=O) groups excluding carboxylic acids is 2. The average molecular weight is 481 g/mol. The number of carboxylic acid groups (broad SMARTS) is 1. The number of hydrogen-bond donors (Lipinski definition) is 3. The molecule has 6 nitrogen and oxygen atoms in total. The minimum absolute atomic E-state index is 0.0887. The summed E-state index contributed by atoms with van der Waals surface area (Å²) in [4.78, 5) is 36.2. The van der Waals surface area contributed by atoms with Gasteiger partial charge in [0.05, 0.1) is 11.1 Å². The van der Waals surface area contributed by atoms with Crippen molar-refractivity contribution in [2.45, 2.75) is 33.6 Å². The third kappa shape index (κ3) is 6.50. The number of urea groups is 1. The lowest BCUT2D eigenvalue weighted by molar-refractivity contribution is -0.148. The van der Waals surface area contributed by atoms with Crippen LogP contribution in [0.2, 0.25) is 0 Å². The number of aliphatic carboxylic acids is 1. The SMILES string of the molecule is Cc1cc(C2=CC=C(C(=O)CC(C)(C)C(=O)O)CC=C2)ccc1NC(=O)Nc1ccc(F)cc1F. The fourth-order valence-electron chi connectivity index (χ4n) is 3.47. The summed E-state index contributed by atoms with van der Waals surface area (Å²) in [6.07, 6.45) is 7.55. The molecule has 0 spiro atoms. The van der Waals surface area contributed by atoms with Crippen molar-refractivity contribution in [3.63, 3.8) is 0 Å². The van der Waals surface area contributed by atoms with Crippen LogP contribution in [0.5, 0.6) is 0 Å². The van der Waals surface area contributed by atoms with E-state index in [0.29, 0.717) is 23.7 Å². The summed E-state index contributed by atoms with van der Waals surface area (Å²) in [7, 11) is 0. The molecule has 8 heteroatoms. The summed E-state index contributed by atoms with van der Waals surface area (Å²) in [6.45, 7) is 4.85. The van der Waals surface area contributed by atoms with E-state index in [0.717, 1.165) is 28.8 Å². The Morgan fingerprint density at radius 2 is 1.69 bits per heavy atom. The number of halogens is 2. The first-order valence-corrected chi connectivity index (χ1v) is 10.9. The second-order valence-corrected chi connectivity index (χ2v) is 8.94. The molecule has 0 saturated carbocycles. The predicted octanol–water partition coefficient (Wildman–Crippen LogP) is 6.26. The maximum absolute atomic E-state index is 13.8. The molecule has 0 fully saturated rings. The molecular weight excluding hydrogens is 454 g/mol. The van der Waals surface area contributed by atoms with Crippen molar-refractivity contribution in [2.75, 3.05) is 10.6 Å². The molecule has 1 aliphatic rings. The summed E-state index contributed by atoms with van der Waals surface area (Å²) < 4.78 is 26.8. The van der Waals surface area contributed by atoms with E-state index in [1.54, 1.807) is 31.2 Å². The smallest absolute Gasteiger partial charge is 0.323 e. The van der Waals surface area contributed by atoms with Gasteiger partial charge in [0, 0.05) is 18.2 Å². The topological polar surface area (TPSA) is 95.5 Å². The van der Waals surface area contributed by atoms with Gasteiger partial charge in [-0.25, -0.2) is 13.6 Å². The Morgan fingerprint density at radius 1 is 1.00 bits per heavy atom. The van der Waals surface area contributed by atoms with Gasteiger partial charge in [-0.05, 0) is 73.7 Å². The Labute approximate surface area is 202 Å². The third-order valence-electron chi connectivity index (χ3n) is 5.63. The van der Waals surface area contributed by atoms with E-state index in [9.17, 15) is 28.3 Å². The molecular formula is C27H26F2N2O4. The minimum Gasteiger partial charge on any atom is -0.481 e. The van der Waals surface area contributed by atoms with Gasteiger partial charge in [-0.2, -0.15) is 0 Å². The lowest BCUT2D eigenvalue weighted by atomic mass is 9.85. The predicted molar refractivity (Wildman–Crippen MR) is 131 cm³/mol. The number of aryl methyl sites for hydroxylation is 1. The first-order chi connectivity index (χ1) is 16.5. The lowest BCUT2D eigenvalue weighted by Crippen LogP contribution is -2.27. The van der Waals surface area contributed by atoms with Crippen LogP contribution in [0.1, 0.15) is 37.8 Å². The van der Waals surface area contributed by atoms with Crippen LogP contribution in [0.3, 0.4) is 0 Å². The van der Waals surface area contributed by atoms with E-state index in [2.05, 4.69) is 10.6 Å². The summed E-state index contributed by atoms with van der Waals surface area (Å²) >= 11 is 0. The molecule has 0 heterocycles. The molecule has 3 N–H and O–H groups in total. The zero-order valence-corrected chi connectivity index (χ0v) is 19.6. The van der Waals surface area contributed by atoms with E-state index < -0.39 is 29.0 Å². The van der Waals surface area contributed by atoms with Gasteiger partial charge < -0.3 is 15.7 Å². The van der Waals surface area contributed by atoms with Gasteiger partial charge >= 0.3 is 12.0 Å². The summed E-state index contributed by atoms with van der Waals surface area (Å²) in [5.74, 6) is -2.85. The van der Waals surface area contributed by atoms with Crippen LogP contribution in [0.25, 0.3) is 5.57 Å². The van der Waals surface area contributed by atoms with E-state index in [1.807, 2.05) is 18.2 Å². The minimum atomic E-state index is -1.14. The molecule has 0 unspecified atom stereocenters. The monoisotopic (exact) mass is 480 g/mol. The number of allylic oxidation sites excluding steroid dienone is 6. The van der Waals surface area contributed by atoms with Crippen molar-refractivity contribution in [3.05, 3.63) is 89.0 Å². The van der Waals surface area contributed by atoms with Gasteiger partial charge in [-0.15, -0.1) is 0 Å².